The minimum Gasteiger partial charge on any atom is -0.328 e. The number of hydrogen-bond donors (Lipinski definition) is 0. The van der Waals surface area contributed by atoms with Crippen molar-refractivity contribution in [1.29, 1.82) is 0 Å². The first-order valence-corrected chi connectivity index (χ1v) is 11.8. The van der Waals surface area contributed by atoms with E-state index in [2.05, 4.69) is 116 Å². The van der Waals surface area contributed by atoms with E-state index in [0.717, 1.165) is 24.5 Å². The molecule has 4 aromatic rings. The van der Waals surface area contributed by atoms with Crippen LogP contribution in [0.15, 0.2) is 91.0 Å². The molecule has 0 atom stereocenters. The number of aromatic nitrogens is 2. The molecule has 32 heavy (non-hydrogen) atoms. The smallest absolute Gasteiger partial charge is 0.106 e. The fraction of sp³-hybridized carbons (Fsp3) is 0.300. The maximum absolute atomic E-state index is 5.00. The van der Waals surface area contributed by atoms with Crippen LogP contribution in [0.1, 0.15) is 50.9 Å². The molecule has 1 heterocycles. The summed E-state index contributed by atoms with van der Waals surface area (Å²) in [4.78, 5) is 5.00. The molecule has 2 heteroatoms. The van der Waals surface area contributed by atoms with E-state index in [1.165, 1.54) is 41.6 Å². The highest BCUT2D eigenvalue weighted by Gasteiger charge is 2.20. The second kappa shape index (κ2) is 9.99. The van der Waals surface area contributed by atoms with Crippen LogP contribution in [-0.2, 0) is 12.0 Å². The first-order chi connectivity index (χ1) is 15.6. The van der Waals surface area contributed by atoms with Gasteiger partial charge in [-0.05, 0) is 30.7 Å². The normalized spacial score (nSPS) is 11.6. The Morgan fingerprint density at radius 3 is 1.88 bits per heavy atom. The van der Waals surface area contributed by atoms with Crippen LogP contribution in [-0.4, -0.2) is 9.55 Å². The average molecular weight is 423 g/mol. The Hall–Kier alpha value is -3.13. The summed E-state index contributed by atoms with van der Waals surface area (Å²) in [5, 5.41) is 0. The molecule has 0 aliphatic rings. The van der Waals surface area contributed by atoms with E-state index in [-0.39, 0.29) is 5.41 Å². The lowest BCUT2D eigenvalue weighted by Crippen LogP contribution is -2.16. The predicted octanol–water partition coefficient (Wildman–Crippen LogP) is 8.06. The van der Waals surface area contributed by atoms with Crippen LogP contribution in [0.25, 0.3) is 22.5 Å². The number of hydrogen-bond acceptors (Lipinski definition) is 1. The summed E-state index contributed by atoms with van der Waals surface area (Å²) in [6.45, 7) is 7.86. The number of rotatable bonds is 9. The van der Waals surface area contributed by atoms with E-state index in [4.69, 9.17) is 4.98 Å². The van der Waals surface area contributed by atoms with Crippen LogP contribution in [0.3, 0.4) is 0 Å². The highest BCUT2D eigenvalue weighted by atomic mass is 15.1. The van der Waals surface area contributed by atoms with Gasteiger partial charge in [0, 0.05) is 17.7 Å². The summed E-state index contributed by atoms with van der Waals surface area (Å²) in [5.74, 6) is 1.09. The topological polar surface area (TPSA) is 17.8 Å². The quantitative estimate of drug-likeness (QED) is 0.249. The van der Waals surface area contributed by atoms with Crippen molar-refractivity contribution in [3.05, 3.63) is 102 Å². The van der Waals surface area contributed by atoms with E-state index in [1.54, 1.807) is 0 Å². The second-order valence-corrected chi connectivity index (χ2v) is 9.30. The zero-order chi connectivity index (χ0) is 22.4. The van der Waals surface area contributed by atoms with Gasteiger partial charge in [-0.15, -0.1) is 0 Å². The van der Waals surface area contributed by atoms with Gasteiger partial charge < -0.3 is 4.57 Å². The lowest BCUT2D eigenvalue weighted by atomic mass is 9.80. The van der Waals surface area contributed by atoms with E-state index >= 15 is 0 Å². The lowest BCUT2D eigenvalue weighted by Gasteiger charge is -2.25. The third kappa shape index (κ3) is 5.02. The number of nitrogens with zero attached hydrogens (tertiary/aromatic N) is 2. The highest BCUT2D eigenvalue weighted by molar-refractivity contribution is 5.79. The molecule has 0 spiro atoms. The average Bonchev–Trinajstić information content (AvgIpc) is 3.16. The maximum Gasteiger partial charge on any atom is 0.106 e. The molecule has 0 bridgehead atoms. The van der Waals surface area contributed by atoms with Gasteiger partial charge in [0.15, 0.2) is 0 Å². The van der Waals surface area contributed by atoms with Gasteiger partial charge in [0.2, 0.25) is 0 Å². The van der Waals surface area contributed by atoms with Crippen LogP contribution >= 0.6 is 0 Å². The zero-order valence-corrected chi connectivity index (χ0v) is 19.6. The predicted molar refractivity (Wildman–Crippen MR) is 136 cm³/mol. The number of unbranched alkanes of at least 4 members (excludes halogenated alkanes) is 2. The summed E-state index contributed by atoms with van der Waals surface area (Å²) in [6.07, 6.45) is 4.83. The molecule has 0 radical (unpaired) electrons. The molecule has 0 amide bonds. The van der Waals surface area contributed by atoms with Gasteiger partial charge in [-0.1, -0.05) is 118 Å². The third-order valence-electron chi connectivity index (χ3n) is 6.49. The molecule has 0 fully saturated rings. The van der Waals surface area contributed by atoms with Crippen molar-refractivity contribution in [2.75, 3.05) is 0 Å². The highest BCUT2D eigenvalue weighted by Crippen LogP contribution is 2.33. The van der Waals surface area contributed by atoms with Crippen LogP contribution in [0.4, 0.5) is 0 Å². The summed E-state index contributed by atoms with van der Waals surface area (Å²) < 4.78 is 2.42. The fourth-order valence-electron chi connectivity index (χ4n) is 4.57. The maximum atomic E-state index is 5.00. The van der Waals surface area contributed by atoms with Crippen molar-refractivity contribution in [3.8, 4) is 22.5 Å². The number of aryl methyl sites for hydroxylation is 1. The Morgan fingerprint density at radius 2 is 1.25 bits per heavy atom. The van der Waals surface area contributed by atoms with Crippen LogP contribution in [0, 0.1) is 6.92 Å². The van der Waals surface area contributed by atoms with Gasteiger partial charge in [-0.3, -0.25) is 0 Å². The Bertz CT molecular complexity index is 1110. The number of imidazole rings is 1. The van der Waals surface area contributed by atoms with E-state index < -0.39 is 0 Å². The molecule has 3 aromatic carbocycles. The van der Waals surface area contributed by atoms with Gasteiger partial charge in [-0.25, -0.2) is 4.98 Å². The summed E-state index contributed by atoms with van der Waals surface area (Å²) in [7, 11) is 0. The SMILES string of the molecule is Cc1nc(-c2ccccc2)c(-c2ccccc2)n1CCCCCC(C)(C)c1ccccc1. The molecule has 1 aromatic heterocycles. The van der Waals surface area contributed by atoms with Crippen LogP contribution in [0.5, 0.6) is 0 Å². The zero-order valence-electron chi connectivity index (χ0n) is 19.6. The molecule has 0 saturated carbocycles. The van der Waals surface area contributed by atoms with Gasteiger partial charge in [0.25, 0.3) is 0 Å². The molecule has 4 rings (SSSR count). The minimum atomic E-state index is 0.224. The molecular weight excluding hydrogens is 388 g/mol. The first-order valence-electron chi connectivity index (χ1n) is 11.8. The molecule has 0 aliphatic carbocycles. The van der Waals surface area contributed by atoms with Gasteiger partial charge in [0.1, 0.15) is 5.82 Å². The Morgan fingerprint density at radius 1 is 0.688 bits per heavy atom. The molecular formula is C30H34N2. The molecule has 0 N–H and O–H groups in total. The Labute approximate surface area is 193 Å². The molecule has 2 nitrogen and oxygen atoms in total. The second-order valence-electron chi connectivity index (χ2n) is 9.30. The number of benzene rings is 3. The molecule has 0 saturated heterocycles. The van der Waals surface area contributed by atoms with Crippen molar-refractivity contribution < 1.29 is 0 Å². The molecule has 164 valence electrons. The van der Waals surface area contributed by atoms with E-state index in [9.17, 15) is 0 Å². The Balaban J connectivity index is 1.47. The van der Waals surface area contributed by atoms with Crippen molar-refractivity contribution in [2.24, 2.45) is 0 Å². The van der Waals surface area contributed by atoms with E-state index in [0.29, 0.717) is 0 Å². The fourth-order valence-corrected chi connectivity index (χ4v) is 4.57. The van der Waals surface area contributed by atoms with Crippen LogP contribution in [0.2, 0.25) is 0 Å². The Kier molecular flexibility index (Phi) is 6.90. The first kappa shape index (κ1) is 22.1. The summed E-state index contributed by atoms with van der Waals surface area (Å²) in [6, 6.07) is 32.2. The van der Waals surface area contributed by atoms with Crippen LogP contribution < -0.4 is 0 Å². The molecule has 0 aliphatic heterocycles. The van der Waals surface area contributed by atoms with Crippen molar-refractivity contribution >= 4 is 0 Å². The third-order valence-corrected chi connectivity index (χ3v) is 6.49. The summed E-state index contributed by atoms with van der Waals surface area (Å²) in [5.41, 5.74) is 6.39. The van der Waals surface area contributed by atoms with Gasteiger partial charge in [0.05, 0.1) is 11.4 Å². The van der Waals surface area contributed by atoms with Crippen molar-refractivity contribution in [3.63, 3.8) is 0 Å². The summed E-state index contributed by atoms with van der Waals surface area (Å²) >= 11 is 0. The van der Waals surface area contributed by atoms with E-state index in [1.807, 2.05) is 0 Å². The monoisotopic (exact) mass is 422 g/mol. The minimum absolute atomic E-state index is 0.224. The lowest BCUT2D eigenvalue weighted by molar-refractivity contribution is 0.439. The molecule has 0 unspecified atom stereocenters. The largest absolute Gasteiger partial charge is 0.328 e. The van der Waals surface area contributed by atoms with Crippen molar-refractivity contribution in [2.45, 2.75) is 58.4 Å². The van der Waals surface area contributed by atoms with Gasteiger partial charge >= 0.3 is 0 Å². The van der Waals surface area contributed by atoms with Crippen molar-refractivity contribution in [1.82, 2.24) is 9.55 Å². The van der Waals surface area contributed by atoms with Gasteiger partial charge in [-0.2, -0.15) is 0 Å². The standard InChI is InChI=1S/C30H34N2/c1-24-31-28(25-16-8-4-9-17-25)29(26-18-10-5-11-19-26)32(24)23-15-7-14-22-30(2,3)27-20-12-6-13-21-27/h4-6,8-13,16-21H,7,14-15,22-23H2,1-3H3.